The molecule has 2 rings (SSSR count). The van der Waals surface area contributed by atoms with Crippen LogP contribution in [0.3, 0.4) is 0 Å². The summed E-state index contributed by atoms with van der Waals surface area (Å²) in [4.78, 5) is 14.2. The van der Waals surface area contributed by atoms with E-state index >= 15 is 0 Å². The fraction of sp³-hybridized carbons (Fsp3) is 0.474. The lowest BCUT2D eigenvalue weighted by Crippen LogP contribution is -2.23. The Balaban J connectivity index is 1.80. The smallest absolute Gasteiger partial charge is 0.220 e. The van der Waals surface area contributed by atoms with Crippen LogP contribution in [0.25, 0.3) is 0 Å². The van der Waals surface area contributed by atoms with Crippen LogP contribution < -0.4 is 5.32 Å². The number of rotatable bonds is 7. The molecule has 1 aromatic heterocycles. The van der Waals surface area contributed by atoms with Crippen LogP contribution in [-0.2, 0) is 31.4 Å². The maximum absolute atomic E-state index is 12.1. The molecule has 1 heterocycles. The number of hydrogen-bond acceptors (Lipinski definition) is 3. The monoisotopic (exact) mass is 328 g/mol. The first-order valence-corrected chi connectivity index (χ1v) is 8.35. The Bertz CT molecular complexity index is 686. The Morgan fingerprint density at radius 3 is 2.33 bits per heavy atom. The minimum Gasteiger partial charge on any atom is -0.352 e. The van der Waals surface area contributed by atoms with Crippen LogP contribution in [0.4, 0.5) is 0 Å². The predicted octanol–water partition coefficient (Wildman–Crippen LogP) is 2.35. The van der Waals surface area contributed by atoms with Gasteiger partial charge >= 0.3 is 0 Å². The topological polar surface area (TPSA) is 50.2 Å². The molecule has 0 unspecified atom stereocenters. The first-order chi connectivity index (χ1) is 11.4. The van der Waals surface area contributed by atoms with E-state index < -0.39 is 0 Å². The Kier molecular flexibility index (Phi) is 6.15. The van der Waals surface area contributed by atoms with Gasteiger partial charge in [-0.05, 0) is 51.1 Å². The second-order valence-corrected chi connectivity index (χ2v) is 6.60. The van der Waals surface area contributed by atoms with Gasteiger partial charge in [0.1, 0.15) is 0 Å². The quantitative estimate of drug-likeness (QED) is 0.849. The summed E-state index contributed by atoms with van der Waals surface area (Å²) >= 11 is 0. The van der Waals surface area contributed by atoms with Gasteiger partial charge in [0.15, 0.2) is 0 Å². The highest BCUT2D eigenvalue weighted by Crippen LogP contribution is 2.14. The van der Waals surface area contributed by atoms with Crippen molar-refractivity contribution in [2.75, 3.05) is 14.1 Å². The molecule has 5 heteroatoms. The number of benzene rings is 1. The Morgan fingerprint density at radius 1 is 1.17 bits per heavy atom. The third-order valence-electron chi connectivity index (χ3n) is 4.27. The second kappa shape index (κ2) is 8.11. The van der Waals surface area contributed by atoms with Gasteiger partial charge in [0.2, 0.25) is 5.91 Å². The molecule has 1 aromatic carbocycles. The second-order valence-electron chi connectivity index (χ2n) is 6.60. The fourth-order valence-electron chi connectivity index (χ4n) is 2.83. The Labute approximate surface area is 144 Å². The van der Waals surface area contributed by atoms with E-state index in [1.165, 1.54) is 11.1 Å². The molecule has 2 aromatic rings. The summed E-state index contributed by atoms with van der Waals surface area (Å²) in [7, 11) is 6.05. The van der Waals surface area contributed by atoms with Crippen LogP contribution >= 0.6 is 0 Å². The standard InChI is InChI=1S/C19H28N4O/c1-14-18(15(2)23(5)21-14)10-11-19(24)20-12-16-6-8-17(9-7-16)13-22(3)4/h6-9H,10-13H2,1-5H3,(H,20,24). The normalized spacial score (nSPS) is 11.1. The number of carbonyl (C=O) groups is 1. The lowest BCUT2D eigenvalue weighted by atomic mass is 10.1. The molecule has 0 aliphatic heterocycles. The van der Waals surface area contributed by atoms with Crippen molar-refractivity contribution < 1.29 is 4.79 Å². The van der Waals surface area contributed by atoms with Gasteiger partial charge in [-0.3, -0.25) is 9.48 Å². The van der Waals surface area contributed by atoms with Gasteiger partial charge in [-0.15, -0.1) is 0 Å². The van der Waals surface area contributed by atoms with Gasteiger partial charge in [0.05, 0.1) is 5.69 Å². The highest BCUT2D eigenvalue weighted by molar-refractivity contribution is 5.76. The van der Waals surface area contributed by atoms with Crippen molar-refractivity contribution in [1.29, 1.82) is 0 Å². The minimum absolute atomic E-state index is 0.0787. The fourth-order valence-corrected chi connectivity index (χ4v) is 2.83. The molecule has 0 saturated carbocycles. The van der Waals surface area contributed by atoms with Crippen LogP contribution in [0.1, 0.15) is 34.5 Å². The van der Waals surface area contributed by atoms with Crippen LogP contribution in [0.2, 0.25) is 0 Å². The molecule has 0 saturated heterocycles. The van der Waals surface area contributed by atoms with Crippen molar-refractivity contribution in [1.82, 2.24) is 20.0 Å². The summed E-state index contributed by atoms with van der Waals surface area (Å²) in [5.41, 5.74) is 5.73. The molecule has 0 aliphatic carbocycles. The van der Waals surface area contributed by atoms with E-state index in [0.29, 0.717) is 13.0 Å². The molecule has 0 atom stereocenters. The van der Waals surface area contributed by atoms with Crippen LogP contribution in [-0.4, -0.2) is 34.7 Å². The van der Waals surface area contributed by atoms with Crippen molar-refractivity contribution in [3.8, 4) is 0 Å². The SMILES string of the molecule is Cc1nn(C)c(C)c1CCC(=O)NCc1ccc(CN(C)C)cc1. The summed E-state index contributed by atoms with van der Waals surface area (Å²) in [6, 6.07) is 8.39. The minimum atomic E-state index is 0.0787. The highest BCUT2D eigenvalue weighted by atomic mass is 16.1. The molecule has 5 nitrogen and oxygen atoms in total. The predicted molar refractivity (Wildman–Crippen MR) is 96.7 cm³/mol. The van der Waals surface area contributed by atoms with E-state index in [0.717, 1.165) is 29.9 Å². The zero-order valence-electron chi connectivity index (χ0n) is 15.4. The van der Waals surface area contributed by atoms with Gasteiger partial charge in [0, 0.05) is 32.3 Å². The number of nitrogens with zero attached hydrogens (tertiary/aromatic N) is 3. The summed E-state index contributed by atoms with van der Waals surface area (Å²) in [6.07, 6.45) is 1.23. The van der Waals surface area contributed by atoms with Gasteiger partial charge in [-0.2, -0.15) is 5.10 Å². The molecule has 0 fully saturated rings. The van der Waals surface area contributed by atoms with E-state index in [4.69, 9.17) is 0 Å². The summed E-state index contributed by atoms with van der Waals surface area (Å²) in [5.74, 6) is 0.0787. The van der Waals surface area contributed by atoms with E-state index in [9.17, 15) is 4.79 Å². The number of amides is 1. The Hall–Kier alpha value is -2.14. The van der Waals surface area contributed by atoms with Crippen molar-refractivity contribution >= 4 is 5.91 Å². The number of aryl methyl sites for hydroxylation is 2. The van der Waals surface area contributed by atoms with Gasteiger partial charge in [-0.1, -0.05) is 24.3 Å². The number of aromatic nitrogens is 2. The van der Waals surface area contributed by atoms with Gasteiger partial charge in [-0.25, -0.2) is 0 Å². The molecule has 0 bridgehead atoms. The molecule has 0 radical (unpaired) electrons. The van der Waals surface area contributed by atoms with Gasteiger partial charge < -0.3 is 10.2 Å². The summed E-state index contributed by atoms with van der Waals surface area (Å²) in [5, 5.41) is 7.39. The first kappa shape index (κ1) is 18.2. The Morgan fingerprint density at radius 2 is 1.79 bits per heavy atom. The molecular weight excluding hydrogens is 300 g/mol. The molecule has 0 spiro atoms. The van der Waals surface area contributed by atoms with Crippen molar-refractivity contribution in [2.24, 2.45) is 7.05 Å². The van der Waals surface area contributed by atoms with Crippen molar-refractivity contribution in [3.63, 3.8) is 0 Å². The van der Waals surface area contributed by atoms with E-state index in [1.54, 1.807) is 0 Å². The highest BCUT2D eigenvalue weighted by Gasteiger charge is 2.11. The van der Waals surface area contributed by atoms with E-state index in [2.05, 4.69) is 53.7 Å². The number of carbonyl (C=O) groups excluding carboxylic acids is 1. The average molecular weight is 328 g/mol. The molecule has 1 amide bonds. The molecule has 24 heavy (non-hydrogen) atoms. The first-order valence-electron chi connectivity index (χ1n) is 8.35. The molecule has 0 aliphatic rings. The maximum Gasteiger partial charge on any atom is 0.220 e. The van der Waals surface area contributed by atoms with Gasteiger partial charge in [0.25, 0.3) is 0 Å². The number of nitrogens with one attached hydrogen (secondary N) is 1. The number of hydrogen-bond donors (Lipinski definition) is 1. The largest absolute Gasteiger partial charge is 0.352 e. The van der Waals surface area contributed by atoms with Crippen LogP contribution in [0, 0.1) is 13.8 Å². The molecule has 130 valence electrons. The van der Waals surface area contributed by atoms with Crippen LogP contribution in [0.5, 0.6) is 0 Å². The lowest BCUT2D eigenvalue weighted by Gasteiger charge is -2.10. The zero-order valence-corrected chi connectivity index (χ0v) is 15.4. The van der Waals surface area contributed by atoms with E-state index in [1.807, 2.05) is 25.6 Å². The molecular formula is C19H28N4O. The summed E-state index contributed by atoms with van der Waals surface area (Å²) < 4.78 is 1.87. The zero-order chi connectivity index (χ0) is 17.7. The third kappa shape index (κ3) is 4.93. The molecule has 1 N–H and O–H groups in total. The lowest BCUT2D eigenvalue weighted by molar-refractivity contribution is -0.121. The third-order valence-corrected chi connectivity index (χ3v) is 4.27. The average Bonchev–Trinajstić information content (AvgIpc) is 2.77. The van der Waals surface area contributed by atoms with Crippen molar-refractivity contribution in [2.45, 2.75) is 39.8 Å². The van der Waals surface area contributed by atoms with Crippen molar-refractivity contribution in [3.05, 3.63) is 52.3 Å². The van der Waals surface area contributed by atoms with Crippen LogP contribution in [0.15, 0.2) is 24.3 Å². The van der Waals surface area contributed by atoms with E-state index in [-0.39, 0.29) is 5.91 Å². The summed E-state index contributed by atoms with van der Waals surface area (Å²) in [6.45, 7) is 5.54. The maximum atomic E-state index is 12.1.